The standard InChI is InChI=1S/C16H22BrN3O2/c1-16(10-18,12-4-5-12)20-14(21)8-9-19-15(22)11-2-6-13(17)7-3-11/h2-3,6-7,12H,4-5,8-10,18H2,1H3,(H,19,22)(H,20,21). The molecule has 0 radical (unpaired) electrons. The lowest BCUT2D eigenvalue weighted by molar-refractivity contribution is -0.122. The third kappa shape index (κ3) is 4.55. The monoisotopic (exact) mass is 367 g/mol. The topological polar surface area (TPSA) is 84.2 Å². The molecule has 2 amide bonds. The minimum Gasteiger partial charge on any atom is -0.352 e. The molecule has 0 aliphatic heterocycles. The highest BCUT2D eigenvalue weighted by atomic mass is 79.9. The van der Waals surface area contributed by atoms with Gasteiger partial charge in [-0.05, 0) is 49.9 Å². The summed E-state index contributed by atoms with van der Waals surface area (Å²) < 4.78 is 0.921. The van der Waals surface area contributed by atoms with Gasteiger partial charge in [0, 0.05) is 29.5 Å². The average Bonchev–Trinajstić information content (AvgIpc) is 3.32. The van der Waals surface area contributed by atoms with Crippen molar-refractivity contribution in [2.24, 2.45) is 11.7 Å². The predicted molar refractivity (Wildman–Crippen MR) is 89.4 cm³/mol. The van der Waals surface area contributed by atoms with E-state index in [4.69, 9.17) is 5.73 Å². The zero-order valence-electron chi connectivity index (χ0n) is 12.7. The Bertz CT molecular complexity index is 543. The van der Waals surface area contributed by atoms with E-state index in [1.54, 1.807) is 12.1 Å². The fourth-order valence-corrected chi connectivity index (χ4v) is 2.68. The lowest BCUT2D eigenvalue weighted by Crippen LogP contribution is -2.53. The van der Waals surface area contributed by atoms with E-state index in [2.05, 4.69) is 26.6 Å². The minimum atomic E-state index is -0.313. The number of halogens is 1. The van der Waals surface area contributed by atoms with Gasteiger partial charge in [-0.25, -0.2) is 0 Å². The predicted octanol–water partition coefficient (Wildman–Crippen LogP) is 1.81. The molecular weight excluding hydrogens is 346 g/mol. The number of nitrogens with two attached hydrogens (primary N) is 1. The first-order valence-corrected chi connectivity index (χ1v) is 8.29. The van der Waals surface area contributed by atoms with Crippen molar-refractivity contribution in [2.75, 3.05) is 13.1 Å². The SMILES string of the molecule is CC(CN)(NC(=O)CCNC(=O)c1ccc(Br)cc1)C1CC1. The largest absolute Gasteiger partial charge is 0.352 e. The van der Waals surface area contributed by atoms with Crippen LogP contribution in [0.3, 0.4) is 0 Å². The second kappa shape index (κ2) is 7.24. The van der Waals surface area contributed by atoms with Crippen LogP contribution in [0.25, 0.3) is 0 Å². The highest BCUT2D eigenvalue weighted by Crippen LogP contribution is 2.38. The Balaban J connectivity index is 1.74. The van der Waals surface area contributed by atoms with Gasteiger partial charge in [-0.3, -0.25) is 9.59 Å². The molecule has 1 unspecified atom stereocenters. The maximum absolute atomic E-state index is 12.0. The Morgan fingerprint density at radius 2 is 1.95 bits per heavy atom. The molecule has 1 aliphatic carbocycles. The van der Waals surface area contributed by atoms with Gasteiger partial charge in [-0.15, -0.1) is 0 Å². The van der Waals surface area contributed by atoms with Gasteiger partial charge in [0.1, 0.15) is 0 Å². The van der Waals surface area contributed by atoms with Gasteiger partial charge in [0.05, 0.1) is 5.54 Å². The molecule has 1 aliphatic rings. The van der Waals surface area contributed by atoms with Crippen molar-refractivity contribution < 1.29 is 9.59 Å². The molecule has 22 heavy (non-hydrogen) atoms. The van der Waals surface area contributed by atoms with Crippen LogP contribution in [0.4, 0.5) is 0 Å². The van der Waals surface area contributed by atoms with Crippen LogP contribution in [0.15, 0.2) is 28.7 Å². The lowest BCUT2D eigenvalue weighted by Gasteiger charge is -2.29. The van der Waals surface area contributed by atoms with Gasteiger partial charge in [0.15, 0.2) is 0 Å². The molecule has 1 aromatic carbocycles. The molecule has 4 N–H and O–H groups in total. The van der Waals surface area contributed by atoms with E-state index in [1.807, 2.05) is 19.1 Å². The van der Waals surface area contributed by atoms with Crippen molar-refractivity contribution in [3.8, 4) is 0 Å². The zero-order valence-corrected chi connectivity index (χ0v) is 14.3. The van der Waals surface area contributed by atoms with Crippen LogP contribution >= 0.6 is 15.9 Å². The van der Waals surface area contributed by atoms with E-state index in [9.17, 15) is 9.59 Å². The van der Waals surface area contributed by atoms with Crippen LogP contribution in [0, 0.1) is 5.92 Å². The van der Waals surface area contributed by atoms with Gasteiger partial charge in [-0.1, -0.05) is 15.9 Å². The number of carbonyl (C=O) groups is 2. The molecule has 2 rings (SSSR count). The molecule has 120 valence electrons. The van der Waals surface area contributed by atoms with Crippen molar-refractivity contribution in [1.82, 2.24) is 10.6 Å². The highest BCUT2D eigenvalue weighted by Gasteiger charge is 2.41. The van der Waals surface area contributed by atoms with E-state index in [-0.39, 0.29) is 23.8 Å². The third-order valence-corrected chi connectivity index (χ3v) is 4.60. The summed E-state index contributed by atoms with van der Waals surface area (Å²) in [5.41, 5.74) is 6.04. The quantitative estimate of drug-likeness (QED) is 0.686. The Kier molecular flexibility index (Phi) is 5.58. The van der Waals surface area contributed by atoms with Crippen LogP contribution in [0.1, 0.15) is 36.5 Å². The van der Waals surface area contributed by atoms with Gasteiger partial charge >= 0.3 is 0 Å². The number of nitrogens with one attached hydrogen (secondary N) is 2. The maximum atomic E-state index is 12.0. The van der Waals surface area contributed by atoms with Crippen LogP contribution in [0.5, 0.6) is 0 Å². The molecular formula is C16H22BrN3O2. The third-order valence-electron chi connectivity index (χ3n) is 4.07. The fourth-order valence-electron chi connectivity index (χ4n) is 2.41. The van der Waals surface area contributed by atoms with E-state index >= 15 is 0 Å². The molecule has 0 heterocycles. The summed E-state index contributed by atoms with van der Waals surface area (Å²) in [6.45, 7) is 2.74. The Labute approximate surface area is 139 Å². The molecule has 0 saturated heterocycles. The normalized spacial score (nSPS) is 16.7. The van der Waals surface area contributed by atoms with Gasteiger partial charge in [0.25, 0.3) is 5.91 Å². The van der Waals surface area contributed by atoms with E-state index in [0.29, 0.717) is 24.6 Å². The molecule has 1 saturated carbocycles. The van der Waals surface area contributed by atoms with Crippen molar-refractivity contribution in [3.05, 3.63) is 34.3 Å². The number of amides is 2. The number of hydrogen-bond donors (Lipinski definition) is 3. The van der Waals surface area contributed by atoms with Gasteiger partial charge in [0.2, 0.25) is 5.91 Å². The number of hydrogen-bond acceptors (Lipinski definition) is 3. The Morgan fingerprint density at radius 3 is 2.50 bits per heavy atom. The van der Waals surface area contributed by atoms with E-state index in [1.165, 1.54) is 0 Å². The van der Waals surface area contributed by atoms with Crippen molar-refractivity contribution >= 4 is 27.7 Å². The molecule has 0 aromatic heterocycles. The maximum Gasteiger partial charge on any atom is 0.251 e. The lowest BCUT2D eigenvalue weighted by atomic mass is 9.96. The number of rotatable bonds is 7. The second-order valence-electron chi connectivity index (χ2n) is 5.96. The molecule has 0 bridgehead atoms. The molecule has 5 nitrogen and oxygen atoms in total. The van der Waals surface area contributed by atoms with Crippen molar-refractivity contribution in [1.29, 1.82) is 0 Å². The second-order valence-corrected chi connectivity index (χ2v) is 6.87. The summed E-state index contributed by atoms with van der Waals surface area (Å²) in [5.74, 6) is 0.235. The zero-order chi connectivity index (χ0) is 16.2. The average molecular weight is 368 g/mol. The first-order valence-electron chi connectivity index (χ1n) is 7.49. The van der Waals surface area contributed by atoms with Gasteiger partial charge < -0.3 is 16.4 Å². The minimum absolute atomic E-state index is 0.0732. The Morgan fingerprint density at radius 1 is 1.32 bits per heavy atom. The van der Waals surface area contributed by atoms with Crippen molar-refractivity contribution in [2.45, 2.75) is 31.7 Å². The smallest absolute Gasteiger partial charge is 0.251 e. The summed E-state index contributed by atoms with van der Waals surface area (Å²) >= 11 is 3.32. The van der Waals surface area contributed by atoms with Crippen LogP contribution in [0.2, 0.25) is 0 Å². The fraction of sp³-hybridized carbons (Fsp3) is 0.500. The first-order chi connectivity index (χ1) is 10.4. The molecule has 1 atom stereocenters. The molecule has 1 fully saturated rings. The van der Waals surface area contributed by atoms with E-state index < -0.39 is 0 Å². The summed E-state index contributed by atoms with van der Waals surface area (Å²) in [6.07, 6.45) is 2.49. The molecule has 0 spiro atoms. The number of benzene rings is 1. The van der Waals surface area contributed by atoms with Crippen LogP contribution < -0.4 is 16.4 Å². The summed E-state index contributed by atoms with van der Waals surface area (Å²) in [5, 5.41) is 5.76. The van der Waals surface area contributed by atoms with E-state index in [0.717, 1.165) is 17.3 Å². The molecule has 1 aromatic rings. The summed E-state index contributed by atoms with van der Waals surface area (Å²) in [4.78, 5) is 23.9. The van der Waals surface area contributed by atoms with Crippen LogP contribution in [-0.2, 0) is 4.79 Å². The van der Waals surface area contributed by atoms with Crippen molar-refractivity contribution in [3.63, 3.8) is 0 Å². The summed E-state index contributed by atoms with van der Waals surface area (Å²) in [7, 11) is 0. The Hall–Kier alpha value is -1.40. The van der Waals surface area contributed by atoms with Gasteiger partial charge in [-0.2, -0.15) is 0 Å². The summed E-state index contributed by atoms with van der Waals surface area (Å²) in [6, 6.07) is 7.09. The highest BCUT2D eigenvalue weighted by molar-refractivity contribution is 9.10. The first kappa shape index (κ1) is 17.0. The molecule has 6 heteroatoms. The van der Waals surface area contributed by atoms with Crippen LogP contribution in [-0.4, -0.2) is 30.4 Å². The number of carbonyl (C=O) groups excluding carboxylic acids is 2.